The van der Waals surface area contributed by atoms with E-state index >= 15 is 0 Å². The van der Waals surface area contributed by atoms with E-state index in [0.29, 0.717) is 35.0 Å². The van der Waals surface area contributed by atoms with Gasteiger partial charge >= 0.3 is 5.88 Å². The van der Waals surface area contributed by atoms with Crippen molar-refractivity contribution in [3.63, 3.8) is 0 Å². The standard InChI is InChI=1S/C27H43N6O3/c1-8-10-14-24-21(4)26(32(5)6)31-27(30-24)29-18-22(9-2)13-11-12-20(3)17-28-19-23-15-16-25(36-23)33(34)35-7/h8,10,14-16,20,22,28H,4,9,11-13,17-19H2,1-3,5-7H3,(H,29,30)/q+1/b10-8-,24-14+. The second-order valence-corrected chi connectivity index (χ2v) is 9.32. The predicted molar refractivity (Wildman–Crippen MR) is 146 cm³/mol. The van der Waals surface area contributed by atoms with E-state index in [0.717, 1.165) is 55.2 Å². The van der Waals surface area contributed by atoms with Crippen molar-refractivity contribution in [1.82, 2.24) is 15.3 Å². The normalized spacial score (nSPS) is 13.7. The molecule has 0 aromatic carbocycles. The van der Waals surface area contributed by atoms with Crippen LogP contribution in [-0.4, -0.2) is 49.2 Å². The summed E-state index contributed by atoms with van der Waals surface area (Å²) in [4.78, 5) is 27.7. The van der Waals surface area contributed by atoms with Gasteiger partial charge < -0.3 is 20.0 Å². The molecule has 9 heteroatoms. The molecule has 36 heavy (non-hydrogen) atoms. The SMILES string of the molecule is C=c1c(N(C)C)nc(NCC(CC)CCCC(C)CNCc2ccc([N+](=O)OC)o2)n/c1=C/C=C\C. The van der Waals surface area contributed by atoms with Crippen molar-refractivity contribution in [2.24, 2.45) is 11.8 Å². The molecule has 2 unspecified atom stereocenters. The first-order valence-corrected chi connectivity index (χ1v) is 12.7. The van der Waals surface area contributed by atoms with Crippen LogP contribution in [0.15, 0.2) is 28.7 Å². The Morgan fingerprint density at radius 2 is 2.03 bits per heavy atom. The molecule has 2 N–H and O–H groups in total. The first kappa shape index (κ1) is 29.0. The van der Waals surface area contributed by atoms with Crippen LogP contribution >= 0.6 is 0 Å². The number of nitrogens with zero attached hydrogens (tertiary/aromatic N) is 4. The first-order valence-electron chi connectivity index (χ1n) is 12.7. The van der Waals surface area contributed by atoms with E-state index in [1.807, 2.05) is 44.1 Å². The van der Waals surface area contributed by atoms with Gasteiger partial charge in [0.25, 0.3) is 4.92 Å². The minimum absolute atomic E-state index is 0.152. The highest BCUT2D eigenvalue weighted by Crippen LogP contribution is 2.18. The Morgan fingerprint density at radius 3 is 2.69 bits per heavy atom. The van der Waals surface area contributed by atoms with E-state index in [9.17, 15) is 4.91 Å². The molecule has 0 spiro atoms. The Kier molecular flexibility index (Phi) is 12.1. The van der Waals surface area contributed by atoms with E-state index in [2.05, 4.69) is 45.9 Å². The molecular weight excluding hydrogens is 456 g/mol. The van der Waals surface area contributed by atoms with Crippen LogP contribution in [0.5, 0.6) is 0 Å². The lowest BCUT2D eigenvalue weighted by Crippen LogP contribution is -2.35. The summed E-state index contributed by atoms with van der Waals surface area (Å²) in [6.45, 7) is 12.9. The molecule has 2 heterocycles. The molecule has 2 atom stereocenters. The van der Waals surface area contributed by atoms with Crippen molar-refractivity contribution < 1.29 is 14.2 Å². The highest BCUT2D eigenvalue weighted by molar-refractivity contribution is 5.48. The molecule has 198 valence electrons. The zero-order valence-electron chi connectivity index (χ0n) is 22.7. The van der Waals surface area contributed by atoms with Crippen LogP contribution in [0.2, 0.25) is 0 Å². The summed E-state index contributed by atoms with van der Waals surface area (Å²) in [5.41, 5.74) is 0. The maximum Gasteiger partial charge on any atom is 0.480 e. The summed E-state index contributed by atoms with van der Waals surface area (Å²) >= 11 is 0. The molecule has 0 aliphatic rings. The summed E-state index contributed by atoms with van der Waals surface area (Å²) in [5, 5.41) is 8.53. The second-order valence-electron chi connectivity index (χ2n) is 9.32. The van der Waals surface area contributed by atoms with Gasteiger partial charge in [0.15, 0.2) is 7.11 Å². The molecule has 0 aliphatic carbocycles. The third-order valence-electron chi connectivity index (χ3n) is 6.11. The third-order valence-corrected chi connectivity index (χ3v) is 6.11. The Hall–Kier alpha value is -3.20. The molecule has 0 amide bonds. The molecule has 2 rings (SSSR count). The van der Waals surface area contributed by atoms with Gasteiger partial charge in [0.1, 0.15) is 11.6 Å². The Labute approximate surface area is 214 Å². The van der Waals surface area contributed by atoms with Gasteiger partial charge in [-0.1, -0.05) is 45.4 Å². The van der Waals surface area contributed by atoms with Gasteiger partial charge in [-0.25, -0.2) is 9.82 Å². The summed E-state index contributed by atoms with van der Waals surface area (Å²) in [6, 6.07) is 3.39. The van der Waals surface area contributed by atoms with Crippen LogP contribution in [0.3, 0.4) is 0 Å². The lowest BCUT2D eigenvalue weighted by Gasteiger charge is -2.18. The summed E-state index contributed by atoms with van der Waals surface area (Å²) in [5.74, 6) is 3.43. The summed E-state index contributed by atoms with van der Waals surface area (Å²) in [7, 11) is 5.25. The van der Waals surface area contributed by atoms with Gasteiger partial charge in [0.05, 0.1) is 22.9 Å². The zero-order valence-corrected chi connectivity index (χ0v) is 22.7. The van der Waals surface area contributed by atoms with Crippen LogP contribution in [0.25, 0.3) is 12.7 Å². The molecule has 0 bridgehead atoms. The van der Waals surface area contributed by atoms with E-state index in [1.54, 1.807) is 12.1 Å². The van der Waals surface area contributed by atoms with Gasteiger partial charge in [-0.3, -0.25) is 0 Å². The fraction of sp³-hybridized carbons (Fsp3) is 0.556. The number of anilines is 2. The average Bonchev–Trinajstić information content (AvgIpc) is 3.34. The van der Waals surface area contributed by atoms with E-state index in [-0.39, 0.29) is 5.88 Å². The van der Waals surface area contributed by atoms with Crippen LogP contribution in [-0.2, 0) is 11.4 Å². The maximum absolute atomic E-state index is 11.4. The summed E-state index contributed by atoms with van der Waals surface area (Å²) in [6.07, 6.45) is 10.5. The van der Waals surface area contributed by atoms with E-state index < -0.39 is 0 Å². The van der Waals surface area contributed by atoms with Crippen molar-refractivity contribution in [2.45, 2.75) is 53.0 Å². The van der Waals surface area contributed by atoms with Crippen molar-refractivity contribution in [2.75, 3.05) is 44.5 Å². The fourth-order valence-corrected chi connectivity index (χ4v) is 3.90. The predicted octanol–water partition coefficient (Wildman–Crippen LogP) is 3.91. The van der Waals surface area contributed by atoms with Crippen LogP contribution in [0.4, 0.5) is 17.7 Å². The molecular formula is C27H43N6O3+. The lowest BCUT2D eigenvalue weighted by molar-refractivity contribution is -0.744. The van der Waals surface area contributed by atoms with Gasteiger partial charge in [-0.2, -0.15) is 4.98 Å². The molecule has 9 nitrogen and oxygen atoms in total. The Balaban J connectivity index is 1.79. The number of aromatic nitrogens is 2. The quantitative estimate of drug-likeness (QED) is 0.336. The maximum atomic E-state index is 11.4. The second kappa shape index (κ2) is 15.0. The van der Waals surface area contributed by atoms with Gasteiger partial charge in [0.2, 0.25) is 5.95 Å². The number of rotatable bonds is 16. The smallest absolute Gasteiger partial charge is 0.402 e. The van der Waals surface area contributed by atoms with Crippen molar-refractivity contribution >= 4 is 30.3 Å². The molecule has 2 aromatic heterocycles. The van der Waals surface area contributed by atoms with Crippen LogP contribution in [0, 0.1) is 16.7 Å². The minimum Gasteiger partial charge on any atom is -0.402 e. The van der Waals surface area contributed by atoms with Crippen molar-refractivity contribution in [1.29, 1.82) is 0 Å². The number of hydrogen-bond acceptors (Lipinski definition) is 8. The molecule has 0 saturated carbocycles. The molecule has 0 radical (unpaired) electrons. The number of nitrogens with one attached hydrogen (secondary N) is 2. The molecule has 0 saturated heterocycles. The van der Waals surface area contributed by atoms with Gasteiger partial charge in [-0.05, 0) is 50.3 Å². The van der Waals surface area contributed by atoms with Crippen molar-refractivity contribution in [3.8, 4) is 0 Å². The minimum atomic E-state index is 0.152. The first-order chi connectivity index (χ1) is 17.3. The summed E-state index contributed by atoms with van der Waals surface area (Å²) < 4.78 is 5.46. The van der Waals surface area contributed by atoms with Gasteiger partial charge in [-0.15, -0.1) is 0 Å². The Morgan fingerprint density at radius 1 is 1.25 bits per heavy atom. The lowest BCUT2D eigenvalue weighted by atomic mass is 9.95. The van der Waals surface area contributed by atoms with Crippen LogP contribution < -0.4 is 26.1 Å². The Bertz CT molecular complexity index is 1100. The number of hydrogen-bond donors (Lipinski definition) is 2. The van der Waals surface area contributed by atoms with Crippen LogP contribution in [0.1, 0.15) is 52.2 Å². The molecule has 0 aliphatic heterocycles. The van der Waals surface area contributed by atoms with E-state index in [1.165, 1.54) is 7.11 Å². The largest absolute Gasteiger partial charge is 0.480 e. The average molecular weight is 500 g/mol. The fourth-order valence-electron chi connectivity index (χ4n) is 3.90. The molecule has 2 aromatic rings. The van der Waals surface area contributed by atoms with E-state index in [4.69, 9.17) is 4.42 Å². The highest BCUT2D eigenvalue weighted by Gasteiger charge is 2.20. The third kappa shape index (κ3) is 9.11. The van der Waals surface area contributed by atoms with Gasteiger partial charge in [0, 0.05) is 25.9 Å². The highest BCUT2D eigenvalue weighted by atomic mass is 16.8. The number of furan rings is 1. The molecule has 0 fully saturated rings. The zero-order chi connectivity index (χ0) is 26.5. The number of allylic oxidation sites excluding steroid dienone is 2. The topological polar surface area (TPSA) is 95.5 Å². The monoisotopic (exact) mass is 499 g/mol. The van der Waals surface area contributed by atoms with Crippen molar-refractivity contribution in [3.05, 3.63) is 45.5 Å².